The summed E-state index contributed by atoms with van der Waals surface area (Å²) in [6.07, 6.45) is 0. The lowest BCUT2D eigenvalue weighted by molar-refractivity contribution is 0.394. The van der Waals surface area contributed by atoms with Crippen LogP contribution in [0.3, 0.4) is 0 Å². The maximum atomic E-state index is 4.98. The van der Waals surface area contributed by atoms with Gasteiger partial charge in [-0.25, -0.2) is 0 Å². The third kappa shape index (κ3) is 4.66. The fourth-order valence-corrected chi connectivity index (χ4v) is 1.63. The largest absolute Gasteiger partial charge is 0.497 e. The first-order valence-corrected chi connectivity index (χ1v) is 6.29. The van der Waals surface area contributed by atoms with E-state index in [9.17, 15) is 0 Å². The Morgan fingerprint density at radius 1 is 0.684 bits per heavy atom. The highest BCUT2D eigenvalue weighted by molar-refractivity contribution is 5.32. The number of hydrogen-bond acceptors (Lipinski definition) is 2. The molecular formula is C17H22O2. The van der Waals surface area contributed by atoms with Crippen molar-refractivity contribution in [3.63, 3.8) is 0 Å². The number of benzene rings is 2. The molecule has 2 heteroatoms. The van der Waals surface area contributed by atoms with Gasteiger partial charge in [-0.2, -0.15) is 0 Å². The molecule has 0 radical (unpaired) electrons. The van der Waals surface area contributed by atoms with Crippen molar-refractivity contribution >= 4 is 0 Å². The first-order valence-electron chi connectivity index (χ1n) is 6.29. The highest BCUT2D eigenvalue weighted by Crippen LogP contribution is 2.17. The second-order valence-electron chi connectivity index (χ2n) is 4.40. The maximum absolute atomic E-state index is 4.98. The van der Waals surface area contributed by atoms with Gasteiger partial charge in [0, 0.05) is 6.07 Å². The summed E-state index contributed by atoms with van der Waals surface area (Å²) in [5.41, 5.74) is 4.18. The Bertz CT molecular complexity index is 479. The Morgan fingerprint density at radius 2 is 1.11 bits per heavy atom. The van der Waals surface area contributed by atoms with Crippen LogP contribution < -0.4 is 9.47 Å². The van der Waals surface area contributed by atoms with Crippen molar-refractivity contribution in [2.24, 2.45) is 0 Å². The maximum Gasteiger partial charge on any atom is 0.122 e. The molecule has 2 aromatic carbocycles. The minimum Gasteiger partial charge on any atom is -0.497 e. The SMILES string of the molecule is COc1cccc(OC)c1.Cc1cccc(C)c1C. The normalized spacial score (nSPS) is 9.32. The quantitative estimate of drug-likeness (QED) is 0.799. The molecule has 0 aliphatic heterocycles. The zero-order valence-corrected chi connectivity index (χ0v) is 12.4. The van der Waals surface area contributed by atoms with Crippen molar-refractivity contribution in [2.45, 2.75) is 20.8 Å². The Hall–Kier alpha value is -1.96. The van der Waals surface area contributed by atoms with Crippen molar-refractivity contribution in [1.82, 2.24) is 0 Å². The van der Waals surface area contributed by atoms with E-state index in [0.29, 0.717) is 0 Å². The van der Waals surface area contributed by atoms with Gasteiger partial charge in [-0.15, -0.1) is 0 Å². The second kappa shape index (κ2) is 7.47. The molecule has 0 fully saturated rings. The van der Waals surface area contributed by atoms with Gasteiger partial charge in [-0.1, -0.05) is 24.3 Å². The minimum absolute atomic E-state index is 0.819. The van der Waals surface area contributed by atoms with Crippen LogP contribution in [0.15, 0.2) is 42.5 Å². The van der Waals surface area contributed by atoms with Crippen molar-refractivity contribution in [2.75, 3.05) is 14.2 Å². The average Bonchev–Trinajstić information content (AvgIpc) is 2.45. The Balaban J connectivity index is 0.000000191. The Morgan fingerprint density at radius 3 is 1.47 bits per heavy atom. The van der Waals surface area contributed by atoms with Crippen LogP contribution in [-0.4, -0.2) is 14.2 Å². The number of rotatable bonds is 2. The van der Waals surface area contributed by atoms with Gasteiger partial charge in [-0.3, -0.25) is 0 Å². The van der Waals surface area contributed by atoms with Crippen molar-refractivity contribution in [1.29, 1.82) is 0 Å². The summed E-state index contributed by atoms with van der Waals surface area (Å²) in [4.78, 5) is 0. The Kier molecular flexibility index (Phi) is 5.94. The molecule has 0 saturated carbocycles. The lowest BCUT2D eigenvalue weighted by Crippen LogP contribution is -1.84. The van der Waals surface area contributed by atoms with Gasteiger partial charge in [0.05, 0.1) is 14.2 Å². The summed E-state index contributed by atoms with van der Waals surface area (Å²) in [6.45, 7) is 6.44. The third-order valence-electron chi connectivity index (χ3n) is 3.15. The fourth-order valence-electron chi connectivity index (χ4n) is 1.63. The van der Waals surface area contributed by atoms with Gasteiger partial charge in [0.2, 0.25) is 0 Å². The predicted octanol–water partition coefficient (Wildman–Crippen LogP) is 4.32. The molecule has 0 atom stereocenters. The molecule has 2 rings (SSSR count). The van der Waals surface area contributed by atoms with Gasteiger partial charge in [0.15, 0.2) is 0 Å². The molecular weight excluding hydrogens is 236 g/mol. The highest BCUT2D eigenvalue weighted by atomic mass is 16.5. The van der Waals surface area contributed by atoms with E-state index in [1.807, 2.05) is 24.3 Å². The molecule has 0 aliphatic rings. The van der Waals surface area contributed by atoms with Gasteiger partial charge >= 0.3 is 0 Å². The summed E-state index contributed by atoms with van der Waals surface area (Å²) in [7, 11) is 3.27. The van der Waals surface area contributed by atoms with E-state index in [1.54, 1.807) is 14.2 Å². The molecule has 0 N–H and O–H groups in total. The fraction of sp³-hybridized carbons (Fsp3) is 0.294. The lowest BCUT2D eigenvalue weighted by atomic mass is 10.1. The van der Waals surface area contributed by atoms with E-state index in [0.717, 1.165) is 11.5 Å². The summed E-state index contributed by atoms with van der Waals surface area (Å²) >= 11 is 0. The first-order chi connectivity index (χ1) is 9.08. The Labute approximate surface area is 116 Å². The summed E-state index contributed by atoms with van der Waals surface area (Å²) in [6, 6.07) is 13.9. The molecule has 2 aromatic rings. The zero-order valence-electron chi connectivity index (χ0n) is 12.4. The van der Waals surface area contributed by atoms with Gasteiger partial charge in [0.25, 0.3) is 0 Å². The zero-order chi connectivity index (χ0) is 14.3. The molecule has 0 saturated heterocycles. The van der Waals surface area contributed by atoms with E-state index in [2.05, 4.69) is 39.0 Å². The van der Waals surface area contributed by atoms with E-state index >= 15 is 0 Å². The third-order valence-corrected chi connectivity index (χ3v) is 3.15. The van der Waals surface area contributed by atoms with Crippen LogP contribution in [-0.2, 0) is 0 Å². The monoisotopic (exact) mass is 258 g/mol. The second-order valence-corrected chi connectivity index (χ2v) is 4.40. The van der Waals surface area contributed by atoms with Crippen LogP contribution in [0.25, 0.3) is 0 Å². The van der Waals surface area contributed by atoms with Crippen LogP contribution in [0, 0.1) is 20.8 Å². The van der Waals surface area contributed by atoms with Gasteiger partial charge < -0.3 is 9.47 Å². The van der Waals surface area contributed by atoms with Crippen LogP contribution in [0.4, 0.5) is 0 Å². The lowest BCUT2D eigenvalue weighted by Gasteiger charge is -2.01. The smallest absolute Gasteiger partial charge is 0.122 e. The molecule has 0 aliphatic carbocycles. The van der Waals surface area contributed by atoms with Crippen LogP contribution >= 0.6 is 0 Å². The van der Waals surface area contributed by atoms with Crippen LogP contribution in [0.5, 0.6) is 11.5 Å². The first kappa shape index (κ1) is 15.1. The minimum atomic E-state index is 0.819. The predicted molar refractivity (Wildman–Crippen MR) is 80.2 cm³/mol. The number of ether oxygens (including phenoxy) is 2. The molecule has 0 heterocycles. The molecule has 0 spiro atoms. The summed E-state index contributed by atoms with van der Waals surface area (Å²) in [5.74, 6) is 1.64. The van der Waals surface area contributed by atoms with E-state index in [4.69, 9.17) is 9.47 Å². The molecule has 0 amide bonds. The van der Waals surface area contributed by atoms with Crippen molar-refractivity contribution in [3.05, 3.63) is 59.2 Å². The molecule has 0 unspecified atom stereocenters. The summed E-state index contributed by atoms with van der Waals surface area (Å²) in [5, 5.41) is 0. The van der Waals surface area contributed by atoms with E-state index < -0.39 is 0 Å². The summed E-state index contributed by atoms with van der Waals surface area (Å²) < 4.78 is 9.95. The number of hydrogen-bond donors (Lipinski definition) is 0. The molecule has 19 heavy (non-hydrogen) atoms. The van der Waals surface area contributed by atoms with Crippen LogP contribution in [0.1, 0.15) is 16.7 Å². The average molecular weight is 258 g/mol. The van der Waals surface area contributed by atoms with Gasteiger partial charge in [-0.05, 0) is 49.6 Å². The van der Waals surface area contributed by atoms with E-state index in [-0.39, 0.29) is 0 Å². The van der Waals surface area contributed by atoms with Crippen molar-refractivity contribution in [3.8, 4) is 11.5 Å². The molecule has 2 nitrogen and oxygen atoms in total. The molecule has 102 valence electrons. The van der Waals surface area contributed by atoms with Crippen molar-refractivity contribution < 1.29 is 9.47 Å². The van der Waals surface area contributed by atoms with Crippen LogP contribution in [0.2, 0.25) is 0 Å². The topological polar surface area (TPSA) is 18.5 Å². The molecule has 0 aromatic heterocycles. The molecule has 0 bridgehead atoms. The number of methoxy groups -OCH3 is 2. The standard InChI is InChI=1S/C9H12.C8H10O2/c1-7-5-4-6-8(2)9(7)3;1-9-7-4-3-5-8(6-7)10-2/h4-6H,1-3H3;3-6H,1-2H3. The number of aryl methyl sites for hydroxylation is 2. The highest BCUT2D eigenvalue weighted by Gasteiger charge is 1.92. The van der Waals surface area contributed by atoms with E-state index in [1.165, 1.54) is 16.7 Å². The van der Waals surface area contributed by atoms with Gasteiger partial charge in [0.1, 0.15) is 11.5 Å².